The lowest BCUT2D eigenvalue weighted by Gasteiger charge is -2.10. The van der Waals surface area contributed by atoms with Crippen LogP contribution < -0.4 is 0 Å². The Kier molecular flexibility index (Phi) is 4.12. The van der Waals surface area contributed by atoms with Crippen LogP contribution in [0.4, 0.5) is 4.39 Å². The summed E-state index contributed by atoms with van der Waals surface area (Å²) in [6, 6.07) is 4.00. The lowest BCUT2D eigenvalue weighted by Crippen LogP contribution is -1.96. The molecule has 0 atom stereocenters. The first kappa shape index (κ1) is 14.6. The van der Waals surface area contributed by atoms with E-state index in [0.717, 1.165) is 22.4 Å². The standard InChI is InChI=1S/C13H10ClFN2O2S/c1-7-2-9(4-10(15)12(7)14)17-11(18)3-8(13(17)19)5-20-6-16/h2-4,18-19H,5H2,1H3. The van der Waals surface area contributed by atoms with Gasteiger partial charge in [0.15, 0.2) is 5.88 Å². The van der Waals surface area contributed by atoms with Gasteiger partial charge in [-0.2, -0.15) is 5.26 Å². The average Bonchev–Trinajstić information content (AvgIpc) is 2.68. The summed E-state index contributed by atoms with van der Waals surface area (Å²) in [5.41, 5.74) is 1.14. The molecule has 2 N–H and O–H groups in total. The predicted molar refractivity (Wildman–Crippen MR) is 75.7 cm³/mol. The van der Waals surface area contributed by atoms with Crippen molar-refractivity contribution in [1.82, 2.24) is 4.57 Å². The number of nitrogens with zero attached hydrogens (tertiary/aromatic N) is 2. The molecule has 0 unspecified atom stereocenters. The van der Waals surface area contributed by atoms with Gasteiger partial charge in [0, 0.05) is 17.4 Å². The molecule has 0 saturated carbocycles. The fourth-order valence-corrected chi connectivity index (χ4v) is 2.39. The van der Waals surface area contributed by atoms with Gasteiger partial charge in [0.25, 0.3) is 0 Å². The quantitative estimate of drug-likeness (QED) is 0.848. The normalized spacial score (nSPS) is 10.5. The van der Waals surface area contributed by atoms with Gasteiger partial charge in [-0.1, -0.05) is 11.6 Å². The number of aromatic hydroxyl groups is 2. The third-order valence-electron chi connectivity index (χ3n) is 2.78. The fourth-order valence-electron chi connectivity index (χ4n) is 1.85. The average molecular weight is 313 g/mol. The summed E-state index contributed by atoms with van der Waals surface area (Å²) in [6.07, 6.45) is 0. The Bertz CT molecular complexity index is 686. The largest absolute Gasteiger partial charge is 0.494 e. The summed E-state index contributed by atoms with van der Waals surface area (Å²) < 4.78 is 14.7. The number of thioether (sulfide) groups is 1. The van der Waals surface area contributed by atoms with Crippen LogP contribution in [0.5, 0.6) is 11.8 Å². The maximum atomic E-state index is 13.6. The Morgan fingerprint density at radius 3 is 2.70 bits per heavy atom. The van der Waals surface area contributed by atoms with Crippen molar-refractivity contribution in [3.8, 4) is 22.8 Å². The van der Waals surface area contributed by atoms with Gasteiger partial charge in [-0.05, 0) is 36.4 Å². The zero-order valence-corrected chi connectivity index (χ0v) is 12.0. The van der Waals surface area contributed by atoms with E-state index in [4.69, 9.17) is 16.9 Å². The summed E-state index contributed by atoms with van der Waals surface area (Å²) in [5, 5.41) is 30.3. The molecule has 2 aromatic rings. The maximum Gasteiger partial charge on any atom is 0.202 e. The molecule has 4 nitrogen and oxygen atoms in total. The van der Waals surface area contributed by atoms with Crippen LogP contribution in [-0.2, 0) is 5.75 Å². The number of rotatable bonds is 3. The van der Waals surface area contributed by atoms with Crippen LogP contribution in [0.25, 0.3) is 5.69 Å². The van der Waals surface area contributed by atoms with Gasteiger partial charge < -0.3 is 10.2 Å². The van der Waals surface area contributed by atoms with E-state index in [-0.39, 0.29) is 28.2 Å². The van der Waals surface area contributed by atoms with Gasteiger partial charge in [0.2, 0.25) is 5.88 Å². The molecule has 1 aromatic carbocycles. The number of halogens is 2. The van der Waals surface area contributed by atoms with Gasteiger partial charge in [0.1, 0.15) is 11.2 Å². The van der Waals surface area contributed by atoms with E-state index in [0.29, 0.717) is 11.1 Å². The van der Waals surface area contributed by atoms with E-state index >= 15 is 0 Å². The predicted octanol–water partition coefficient (Wildman–Crippen LogP) is 3.70. The highest BCUT2D eigenvalue weighted by atomic mass is 35.5. The van der Waals surface area contributed by atoms with E-state index in [9.17, 15) is 14.6 Å². The third-order valence-corrected chi connectivity index (χ3v) is 3.84. The molecule has 0 spiro atoms. The van der Waals surface area contributed by atoms with Crippen molar-refractivity contribution < 1.29 is 14.6 Å². The number of benzene rings is 1. The molecule has 0 aliphatic carbocycles. The minimum absolute atomic E-state index is 0.000134. The van der Waals surface area contributed by atoms with Gasteiger partial charge in [-0.25, -0.2) is 4.39 Å². The SMILES string of the molecule is Cc1cc(-n2c(O)cc(CSC#N)c2O)cc(F)c1Cl. The Labute approximate surface area is 124 Å². The van der Waals surface area contributed by atoms with Crippen molar-refractivity contribution >= 4 is 23.4 Å². The molecule has 0 radical (unpaired) electrons. The van der Waals surface area contributed by atoms with Crippen molar-refractivity contribution in [2.75, 3.05) is 0 Å². The highest BCUT2D eigenvalue weighted by Gasteiger charge is 2.17. The van der Waals surface area contributed by atoms with E-state index in [1.165, 1.54) is 6.07 Å². The molecule has 1 heterocycles. The van der Waals surface area contributed by atoms with Gasteiger partial charge in [-0.3, -0.25) is 4.57 Å². The highest BCUT2D eigenvalue weighted by Crippen LogP contribution is 2.35. The van der Waals surface area contributed by atoms with Crippen LogP contribution in [0.3, 0.4) is 0 Å². The first-order chi connectivity index (χ1) is 9.45. The first-order valence-electron chi connectivity index (χ1n) is 5.55. The first-order valence-corrected chi connectivity index (χ1v) is 6.91. The lowest BCUT2D eigenvalue weighted by molar-refractivity contribution is 0.401. The maximum absolute atomic E-state index is 13.6. The molecular weight excluding hydrogens is 303 g/mol. The van der Waals surface area contributed by atoms with Gasteiger partial charge >= 0.3 is 0 Å². The Morgan fingerprint density at radius 2 is 2.10 bits per heavy atom. The fraction of sp³-hybridized carbons (Fsp3) is 0.154. The third kappa shape index (κ3) is 2.55. The number of aryl methyl sites for hydroxylation is 1. The molecular formula is C13H10ClFN2O2S. The number of thiocyanates is 1. The van der Waals surface area contributed by atoms with Gasteiger partial charge in [-0.15, -0.1) is 0 Å². The number of hydrogen-bond donors (Lipinski definition) is 2. The van der Waals surface area contributed by atoms with Crippen molar-refractivity contribution in [2.24, 2.45) is 0 Å². The van der Waals surface area contributed by atoms with E-state index < -0.39 is 5.82 Å². The second kappa shape index (κ2) is 5.65. The molecule has 0 fully saturated rings. The molecule has 0 aliphatic heterocycles. The van der Waals surface area contributed by atoms with Crippen LogP contribution in [0.15, 0.2) is 18.2 Å². The van der Waals surface area contributed by atoms with Crippen LogP contribution in [0.2, 0.25) is 5.02 Å². The zero-order chi connectivity index (χ0) is 14.9. The summed E-state index contributed by atoms with van der Waals surface area (Å²) >= 11 is 6.67. The van der Waals surface area contributed by atoms with Crippen LogP contribution >= 0.6 is 23.4 Å². The van der Waals surface area contributed by atoms with Crippen LogP contribution in [0.1, 0.15) is 11.1 Å². The van der Waals surface area contributed by atoms with Crippen LogP contribution in [0, 0.1) is 23.4 Å². The number of nitriles is 1. The summed E-state index contributed by atoms with van der Waals surface area (Å²) in [5.74, 6) is -0.886. The Hall–Kier alpha value is -1.84. The Morgan fingerprint density at radius 1 is 1.40 bits per heavy atom. The van der Waals surface area contributed by atoms with Crippen molar-refractivity contribution in [2.45, 2.75) is 12.7 Å². The second-order valence-electron chi connectivity index (χ2n) is 4.13. The molecule has 7 heteroatoms. The molecule has 1 aromatic heterocycles. The summed E-state index contributed by atoms with van der Waals surface area (Å²) in [6.45, 7) is 1.62. The van der Waals surface area contributed by atoms with Crippen molar-refractivity contribution in [3.05, 3.63) is 40.2 Å². The Balaban J connectivity index is 2.53. The van der Waals surface area contributed by atoms with E-state index in [1.807, 2.05) is 5.40 Å². The lowest BCUT2D eigenvalue weighted by atomic mass is 10.2. The van der Waals surface area contributed by atoms with Crippen LogP contribution in [-0.4, -0.2) is 14.8 Å². The van der Waals surface area contributed by atoms with E-state index in [1.54, 1.807) is 13.0 Å². The van der Waals surface area contributed by atoms with E-state index in [2.05, 4.69) is 0 Å². The summed E-state index contributed by atoms with van der Waals surface area (Å²) in [7, 11) is 0. The molecule has 2 rings (SSSR count). The summed E-state index contributed by atoms with van der Waals surface area (Å²) in [4.78, 5) is 0. The topological polar surface area (TPSA) is 69.2 Å². The number of aromatic nitrogens is 1. The minimum atomic E-state index is -0.637. The zero-order valence-electron chi connectivity index (χ0n) is 10.4. The molecule has 104 valence electrons. The molecule has 0 saturated heterocycles. The smallest absolute Gasteiger partial charge is 0.202 e. The molecule has 0 bridgehead atoms. The molecule has 0 amide bonds. The molecule has 0 aliphatic rings. The molecule has 20 heavy (non-hydrogen) atoms. The highest BCUT2D eigenvalue weighted by molar-refractivity contribution is 8.02. The number of hydrogen-bond acceptors (Lipinski definition) is 4. The monoisotopic (exact) mass is 312 g/mol. The van der Waals surface area contributed by atoms with Crippen molar-refractivity contribution in [1.29, 1.82) is 5.26 Å². The second-order valence-corrected chi connectivity index (χ2v) is 5.26. The van der Waals surface area contributed by atoms with Crippen molar-refractivity contribution in [3.63, 3.8) is 0 Å². The minimum Gasteiger partial charge on any atom is -0.494 e. The van der Waals surface area contributed by atoms with Gasteiger partial charge in [0.05, 0.1) is 10.7 Å².